The van der Waals surface area contributed by atoms with Crippen molar-refractivity contribution < 1.29 is 14.3 Å². The summed E-state index contributed by atoms with van der Waals surface area (Å²) < 4.78 is 10.7. The SMILES string of the molecule is COc1ccccc1OCNC(=O)Nc1cccc2ccccc12. The number of amides is 2. The fourth-order valence-corrected chi connectivity index (χ4v) is 2.42. The highest BCUT2D eigenvalue weighted by molar-refractivity contribution is 6.01. The summed E-state index contributed by atoms with van der Waals surface area (Å²) in [6.07, 6.45) is 0. The van der Waals surface area contributed by atoms with E-state index in [9.17, 15) is 4.79 Å². The van der Waals surface area contributed by atoms with Crippen LogP contribution in [0.4, 0.5) is 10.5 Å². The van der Waals surface area contributed by atoms with Crippen LogP contribution >= 0.6 is 0 Å². The first-order valence-electron chi connectivity index (χ1n) is 7.56. The third-order valence-electron chi connectivity index (χ3n) is 3.57. The first-order chi connectivity index (χ1) is 11.8. The number of carbonyl (C=O) groups excluding carboxylic acids is 1. The van der Waals surface area contributed by atoms with Gasteiger partial charge in [0.05, 0.1) is 12.8 Å². The fourth-order valence-electron chi connectivity index (χ4n) is 2.42. The van der Waals surface area contributed by atoms with Crippen molar-refractivity contribution in [3.05, 3.63) is 66.7 Å². The average Bonchev–Trinajstić information content (AvgIpc) is 2.62. The molecule has 0 bridgehead atoms. The van der Waals surface area contributed by atoms with Crippen LogP contribution in [0.25, 0.3) is 10.8 Å². The van der Waals surface area contributed by atoms with E-state index in [4.69, 9.17) is 9.47 Å². The van der Waals surface area contributed by atoms with Crippen LogP contribution in [0.2, 0.25) is 0 Å². The van der Waals surface area contributed by atoms with E-state index < -0.39 is 0 Å². The Labute approximate surface area is 140 Å². The van der Waals surface area contributed by atoms with E-state index in [1.807, 2.05) is 54.6 Å². The topological polar surface area (TPSA) is 59.6 Å². The minimum absolute atomic E-state index is 0.0387. The van der Waals surface area contributed by atoms with Gasteiger partial charge in [0.1, 0.15) is 0 Å². The molecule has 3 rings (SSSR count). The van der Waals surface area contributed by atoms with Crippen molar-refractivity contribution in [2.45, 2.75) is 0 Å². The van der Waals surface area contributed by atoms with E-state index in [2.05, 4.69) is 10.6 Å². The second kappa shape index (κ2) is 7.37. The summed E-state index contributed by atoms with van der Waals surface area (Å²) in [5.41, 5.74) is 0.753. The molecular weight excluding hydrogens is 304 g/mol. The van der Waals surface area contributed by atoms with Gasteiger partial charge in [-0.2, -0.15) is 0 Å². The Morgan fingerprint density at radius 2 is 1.62 bits per heavy atom. The number of ether oxygens (including phenoxy) is 2. The highest BCUT2D eigenvalue weighted by Gasteiger charge is 2.06. The molecule has 3 aromatic carbocycles. The Morgan fingerprint density at radius 3 is 2.46 bits per heavy atom. The maximum atomic E-state index is 12.1. The molecule has 0 aromatic heterocycles. The maximum absolute atomic E-state index is 12.1. The third-order valence-corrected chi connectivity index (χ3v) is 3.57. The van der Waals surface area contributed by atoms with E-state index in [1.165, 1.54) is 0 Å². The van der Waals surface area contributed by atoms with Gasteiger partial charge in [-0.1, -0.05) is 48.5 Å². The lowest BCUT2D eigenvalue weighted by Crippen LogP contribution is -2.32. The van der Waals surface area contributed by atoms with Gasteiger partial charge in [0.2, 0.25) is 0 Å². The summed E-state index contributed by atoms with van der Waals surface area (Å²) in [6, 6.07) is 20.6. The number of hydrogen-bond donors (Lipinski definition) is 2. The van der Waals surface area contributed by atoms with Crippen LogP contribution in [-0.4, -0.2) is 19.9 Å². The lowest BCUT2D eigenvalue weighted by atomic mass is 10.1. The third kappa shape index (κ3) is 3.57. The second-order valence-electron chi connectivity index (χ2n) is 5.10. The van der Waals surface area contributed by atoms with Gasteiger partial charge >= 0.3 is 6.03 Å². The molecule has 0 heterocycles. The maximum Gasteiger partial charge on any atom is 0.321 e. The molecule has 5 heteroatoms. The Bertz CT molecular complexity index is 843. The lowest BCUT2D eigenvalue weighted by Gasteiger charge is -2.12. The molecule has 122 valence electrons. The van der Waals surface area contributed by atoms with Crippen LogP contribution in [0.5, 0.6) is 11.5 Å². The van der Waals surface area contributed by atoms with E-state index in [0.717, 1.165) is 16.5 Å². The zero-order valence-corrected chi connectivity index (χ0v) is 13.3. The molecule has 0 spiro atoms. The Hall–Kier alpha value is -3.21. The highest BCUT2D eigenvalue weighted by Crippen LogP contribution is 2.25. The molecule has 24 heavy (non-hydrogen) atoms. The predicted molar refractivity (Wildman–Crippen MR) is 94.6 cm³/mol. The largest absolute Gasteiger partial charge is 0.493 e. The molecule has 0 unspecified atom stereocenters. The molecule has 2 N–H and O–H groups in total. The van der Waals surface area contributed by atoms with Crippen LogP contribution in [-0.2, 0) is 0 Å². The summed E-state index contributed by atoms with van der Waals surface area (Å²) in [7, 11) is 1.57. The van der Waals surface area contributed by atoms with Crippen LogP contribution < -0.4 is 20.1 Å². The molecule has 0 aliphatic carbocycles. The summed E-state index contributed by atoms with van der Waals surface area (Å²) in [5.74, 6) is 1.19. The summed E-state index contributed by atoms with van der Waals surface area (Å²) in [5, 5.41) is 7.56. The number of rotatable bonds is 5. The number of urea groups is 1. The van der Waals surface area contributed by atoms with E-state index >= 15 is 0 Å². The molecule has 0 aliphatic rings. The molecule has 0 fully saturated rings. The molecule has 0 aliphatic heterocycles. The van der Waals surface area contributed by atoms with Gasteiger partial charge < -0.3 is 20.1 Å². The molecule has 2 amide bonds. The Kier molecular flexibility index (Phi) is 4.81. The van der Waals surface area contributed by atoms with Crippen LogP contribution in [0.15, 0.2) is 66.7 Å². The molecule has 0 saturated heterocycles. The number of para-hydroxylation sites is 2. The highest BCUT2D eigenvalue weighted by atomic mass is 16.5. The monoisotopic (exact) mass is 322 g/mol. The first-order valence-corrected chi connectivity index (χ1v) is 7.56. The zero-order valence-electron chi connectivity index (χ0n) is 13.3. The van der Waals surface area contributed by atoms with Gasteiger partial charge in [-0.15, -0.1) is 0 Å². The number of nitrogens with one attached hydrogen (secondary N) is 2. The van der Waals surface area contributed by atoms with Crippen LogP contribution in [0.3, 0.4) is 0 Å². The van der Waals surface area contributed by atoms with Crippen molar-refractivity contribution in [3.63, 3.8) is 0 Å². The minimum atomic E-state index is -0.332. The van der Waals surface area contributed by atoms with Gasteiger partial charge in [-0.25, -0.2) is 4.79 Å². The fraction of sp³-hybridized carbons (Fsp3) is 0.105. The molecule has 3 aromatic rings. The first kappa shape index (κ1) is 15.7. The molecule has 0 atom stereocenters. The predicted octanol–water partition coefficient (Wildman–Crippen LogP) is 4.01. The zero-order chi connectivity index (χ0) is 16.8. The van der Waals surface area contributed by atoms with Crippen molar-refractivity contribution in [1.82, 2.24) is 5.32 Å². The van der Waals surface area contributed by atoms with Crippen molar-refractivity contribution in [3.8, 4) is 11.5 Å². The molecule has 5 nitrogen and oxygen atoms in total. The van der Waals surface area contributed by atoms with Crippen LogP contribution in [0.1, 0.15) is 0 Å². The Morgan fingerprint density at radius 1 is 0.917 bits per heavy atom. The van der Waals surface area contributed by atoms with Gasteiger partial charge in [-0.05, 0) is 23.6 Å². The number of methoxy groups -OCH3 is 1. The number of anilines is 1. The van der Waals surface area contributed by atoms with Gasteiger partial charge in [0.25, 0.3) is 0 Å². The quantitative estimate of drug-likeness (QED) is 0.698. The summed E-state index contributed by atoms with van der Waals surface area (Å²) in [6.45, 7) is 0.0387. The van der Waals surface area contributed by atoms with E-state index in [1.54, 1.807) is 19.2 Å². The summed E-state index contributed by atoms with van der Waals surface area (Å²) >= 11 is 0. The van der Waals surface area contributed by atoms with Crippen molar-refractivity contribution >= 4 is 22.5 Å². The van der Waals surface area contributed by atoms with Gasteiger partial charge in [-0.3, -0.25) is 0 Å². The van der Waals surface area contributed by atoms with Gasteiger partial charge in [0.15, 0.2) is 18.2 Å². The summed E-state index contributed by atoms with van der Waals surface area (Å²) in [4.78, 5) is 12.1. The number of hydrogen-bond acceptors (Lipinski definition) is 3. The van der Waals surface area contributed by atoms with Crippen molar-refractivity contribution in [1.29, 1.82) is 0 Å². The van der Waals surface area contributed by atoms with Crippen molar-refractivity contribution in [2.75, 3.05) is 19.2 Å². The molecule has 0 saturated carbocycles. The average molecular weight is 322 g/mol. The van der Waals surface area contributed by atoms with Crippen LogP contribution in [0, 0.1) is 0 Å². The minimum Gasteiger partial charge on any atom is -0.493 e. The normalized spacial score (nSPS) is 10.2. The lowest BCUT2D eigenvalue weighted by molar-refractivity contribution is 0.231. The number of benzene rings is 3. The van der Waals surface area contributed by atoms with Crippen molar-refractivity contribution in [2.24, 2.45) is 0 Å². The standard InChI is InChI=1S/C19H18N2O3/c1-23-17-11-4-5-12-18(17)24-13-20-19(22)21-16-10-6-8-14-7-2-3-9-15(14)16/h2-12H,13H2,1H3,(H2,20,21,22). The van der Waals surface area contributed by atoms with E-state index in [-0.39, 0.29) is 12.8 Å². The number of carbonyl (C=O) groups is 1. The second-order valence-corrected chi connectivity index (χ2v) is 5.10. The number of fused-ring (bicyclic) bond motifs is 1. The molecule has 0 radical (unpaired) electrons. The molecular formula is C19H18N2O3. The van der Waals surface area contributed by atoms with Gasteiger partial charge in [0, 0.05) is 5.39 Å². The van der Waals surface area contributed by atoms with E-state index in [0.29, 0.717) is 11.5 Å². The smallest absolute Gasteiger partial charge is 0.321 e. The Balaban J connectivity index is 1.59.